The summed E-state index contributed by atoms with van der Waals surface area (Å²) in [7, 11) is 0. The van der Waals surface area contributed by atoms with Crippen molar-refractivity contribution < 1.29 is 23.5 Å². The van der Waals surface area contributed by atoms with E-state index >= 15 is 0 Å². The van der Waals surface area contributed by atoms with Crippen molar-refractivity contribution in [1.29, 1.82) is 0 Å². The van der Waals surface area contributed by atoms with Gasteiger partial charge in [0.05, 0.1) is 12.3 Å². The molecule has 2 heterocycles. The minimum Gasteiger partial charge on any atom is -0.465 e. The summed E-state index contributed by atoms with van der Waals surface area (Å²) in [5.41, 5.74) is -0.934. The minimum absolute atomic E-state index is 0.0660. The molecule has 3 aromatic carbocycles. The van der Waals surface area contributed by atoms with Gasteiger partial charge in [0.15, 0.2) is 5.54 Å². The largest absolute Gasteiger partial charge is 0.465 e. The molecule has 0 aromatic heterocycles. The van der Waals surface area contributed by atoms with Gasteiger partial charge in [-0.15, -0.1) is 0 Å². The Hall–Kier alpha value is -4.20. The van der Waals surface area contributed by atoms with Crippen molar-refractivity contribution in [2.24, 2.45) is 0 Å². The lowest BCUT2D eigenvalue weighted by atomic mass is 9.86. The zero-order valence-corrected chi connectivity index (χ0v) is 17.0. The van der Waals surface area contributed by atoms with Gasteiger partial charge in [0.2, 0.25) is 0 Å². The first-order valence-electron chi connectivity index (χ1n) is 10.00. The number of urea groups is 2. The molecule has 2 atom stereocenters. The second-order valence-electron chi connectivity index (χ2n) is 7.66. The molecular formula is C24H18FN3O4. The van der Waals surface area contributed by atoms with E-state index in [0.717, 1.165) is 27.3 Å². The Bertz CT molecular complexity index is 1320. The number of carbonyl (C=O) groups excluding carboxylic acids is 3. The summed E-state index contributed by atoms with van der Waals surface area (Å²) in [6.45, 7) is 1.79. The SMILES string of the molecule is C[C@H](NC(=O)N1C(=O)NC(=O)[C@@]12C=COc1ccc(F)cc12)c1cccc2ccccc12. The van der Waals surface area contributed by atoms with Gasteiger partial charge >= 0.3 is 12.1 Å². The Morgan fingerprint density at radius 3 is 2.75 bits per heavy atom. The molecule has 1 spiro atoms. The minimum atomic E-state index is -1.85. The van der Waals surface area contributed by atoms with Crippen LogP contribution < -0.4 is 15.4 Å². The quantitative estimate of drug-likeness (QED) is 0.598. The van der Waals surface area contributed by atoms with Crippen molar-refractivity contribution >= 4 is 28.7 Å². The van der Waals surface area contributed by atoms with Gasteiger partial charge in [-0.25, -0.2) is 18.9 Å². The Kier molecular flexibility index (Phi) is 4.44. The second-order valence-corrected chi connectivity index (χ2v) is 7.66. The third kappa shape index (κ3) is 2.84. The molecule has 0 radical (unpaired) electrons. The monoisotopic (exact) mass is 431 g/mol. The number of fused-ring (bicyclic) bond motifs is 3. The molecule has 7 nitrogen and oxygen atoms in total. The summed E-state index contributed by atoms with van der Waals surface area (Å²) in [5.74, 6) is -1.21. The van der Waals surface area contributed by atoms with E-state index in [4.69, 9.17) is 4.74 Å². The summed E-state index contributed by atoms with van der Waals surface area (Å²) in [4.78, 5) is 39.7. The molecule has 2 N–H and O–H groups in total. The van der Waals surface area contributed by atoms with Gasteiger partial charge in [0.25, 0.3) is 5.91 Å². The highest BCUT2D eigenvalue weighted by atomic mass is 19.1. The molecule has 160 valence electrons. The van der Waals surface area contributed by atoms with E-state index in [1.807, 2.05) is 42.5 Å². The number of halogens is 1. The zero-order chi connectivity index (χ0) is 22.5. The molecule has 8 heteroatoms. The van der Waals surface area contributed by atoms with Gasteiger partial charge in [-0.1, -0.05) is 42.5 Å². The van der Waals surface area contributed by atoms with Crippen molar-refractivity contribution in [3.05, 3.63) is 89.9 Å². The average molecular weight is 431 g/mol. The molecule has 3 aromatic rings. The normalized spacial score (nSPS) is 20.1. The number of hydrogen-bond donors (Lipinski definition) is 2. The van der Waals surface area contributed by atoms with Crippen molar-refractivity contribution in [2.75, 3.05) is 0 Å². The molecule has 1 fully saturated rings. The van der Waals surface area contributed by atoms with Gasteiger partial charge in [0.1, 0.15) is 11.6 Å². The van der Waals surface area contributed by atoms with Crippen LogP contribution in [0.2, 0.25) is 0 Å². The smallest absolute Gasteiger partial charge is 0.333 e. The molecule has 0 saturated carbocycles. The molecule has 1 saturated heterocycles. The fourth-order valence-corrected chi connectivity index (χ4v) is 4.31. The van der Waals surface area contributed by atoms with Crippen LogP contribution in [0.5, 0.6) is 5.75 Å². The summed E-state index contributed by atoms with van der Waals surface area (Å²) in [6.07, 6.45) is 2.49. The lowest BCUT2D eigenvalue weighted by Gasteiger charge is -2.35. The lowest BCUT2D eigenvalue weighted by molar-refractivity contribution is -0.124. The fourth-order valence-electron chi connectivity index (χ4n) is 4.31. The number of hydrogen-bond acceptors (Lipinski definition) is 4. The number of amides is 5. The van der Waals surface area contributed by atoms with Gasteiger partial charge in [-0.2, -0.15) is 0 Å². The number of ether oxygens (including phenoxy) is 1. The molecule has 2 aliphatic heterocycles. The van der Waals surface area contributed by atoms with E-state index < -0.39 is 35.4 Å². The van der Waals surface area contributed by atoms with Crippen molar-refractivity contribution in [3.8, 4) is 5.75 Å². The number of carbonyl (C=O) groups is 3. The van der Waals surface area contributed by atoms with Crippen LogP contribution in [0.4, 0.5) is 14.0 Å². The van der Waals surface area contributed by atoms with Crippen LogP contribution in [-0.4, -0.2) is 22.9 Å². The maximum Gasteiger partial charge on any atom is 0.333 e. The first-order valence-corrected chi connectivity index (χ1v) is 10.00. The summed E-state index contributed by atoms with van der Waals surface area (Å²) < 4.78 is 19.4. The molecule has 2 aliphatic rings. The van der Waals surface area contributed by atoms with E-state index in [1.54, 1.807) is 6.92 Å². The highest BCUT2D eigenvalue weighted by Gasteiger charge is 2.58. The maximum absolute atomic E-state index is 14.0. The summed E-state index contributed by atoms with van der Waals surface area (Å²) in [6, 6.07) is 14.9. The van der Waals surface area contributed by atoms with E-state index in [0.29, 0.717) is 0 Å². The highest BCUT2D eigenvalue weighted by molar-refractivity contribution is 6.15. The van der Waals surface area contributed by atoms with E-state index in [-0.39, 0.29) is 11.3 Å². The Labute approximate surface area is 182 Å². The molecule has 32 heavy (non-hydrogen) atoms. The molecule has 5 amide bonds. The average Bonchev–Trinajstić information content (AvgIpc) is 3.03. The van der Waals surface area contributed by atoms with Crippen LogP contribution in [0, 0.1) is 5.82 Å². The third-order valence-corrected chi connectivity index (χ3v) is 5.81. The number of nitrogens with zero attached hydrogens (tertiary/aromatic N) is 1. The van der Waals surface area contributed by atoms with Crippen LogP contribution in [0.25, 0.3) is 10.8 Å². The van der Waals surface area contributed by atoms with Crippen LogP contribution in [0.3, 0.4) is 0 Å². The van der Waals surface area contributed by atoms with Gasteiger partial charge < -0.3 is 10.1 Å². The topological polar surface area (TPSA) is 87.7 Å². The third-order valence-electron chi connectivity index (χ3n) is 5.81. The fraction of sp³-hybridized carbons (Fsp3) is 0.125. The Morgan fingerprint density at radius 2 is 1.91 bits per heavy atom. The van der Waals surface area contributed by atoms with Gasteiger partial charge in [-0.3, -0.25) is 10.1 Å². The molecule has 0 aliphatic carbocycles. The zero-order valence-electron chi connectivity index (χ0n) is 17.0. The number of nitrogens with one attached hydrogen (secondary N) is 2. The molecule has 5 rings (SSSR count). The first kappa shape index (κ1) is 19.7. The van der Waals surface area contributed by atoms with E-state index in [1.165, 1.54) is 24.5 Å². The molecule has 0 bridgehead atoms. The van der Waals surface area contributed by atoms with Crippen LogP contribution in [-0.2, 0) is 10.3 Å². The Balaban J connectivity index is 1.53. The standard InChI is InChI=1S/C24H18FN3O4/c1-14(17-8-4-6-15-5-2-3-7-18(15)17)26-22(30)28-23(31)27-21(29)24(28)11-12-32-20-10-9-16(25)13-19(20)24/h2-14H,1H3,(H,26,30)(H,27,29,31)/t14-,24-/m0/s1. The van der Waals surface area contributed by atoms with Crippen molar-refractivity contribution in [3.63, 3.8) is 0 Å². The predicted molar refractivity (Wildman–Crippen MR) is 114 cm³/mol. The molecule has 0 unspecified atom stereocenters. The number of benzene rings is 3. The summed E-state index contributed by atoms with van der Waals surface area (Å²) in [5, 5.41) is 6.94. The van der Waals surface area contributed by atoms with E-state index in [2.05, 4.69) is 10.6 Å². The van der Waals surface area contributed by atoms with Crippen molar-refractivity contribution in [1.82, 2.24) is 15.5 Å². The number of rotatable bonds is 2. The van der Waals surface area contributed by atoms with Crippen molar-refractivity contribution in [2.45, 2.75) is 18.5 Å². The number of imide groups is 2. The van der Waals surface area contributed by atoms with Gasteiger partial charge in [0, 0.05) is 5.56 Å². The van der Waals surface area contributed by atoms with Gasteiger partial charge in [-0.05, 0) is 47.5 Å². The second kappa shape index (κ2) is 7.19. The Morgan fingerprint density at radius 1 is 1.12 bits per heavy atom. The molecular weight excluding hydrogens is 413 g/mol. The summed E-state index contributed by atoms with van der Waals surface area (Å²) >= 11 is 0. The highest BCUT2D eigenvalue weighted by Crippen LogP contribution is 2.43. The maximum atomic E-state index is 14.0. The van der Waals surface area contributed by atoms with Crippen LogP contribution in [0.1, 0.15) is 24.1 Å². The first-order chi connectivity index (χ1) is 15.4. The predicted octanol–water partition coefficient (Wildman–Crippen LogP) is 4.10. The van der Waals surface area contributed by atoms with Crippen LogP contribution >= 0.6 is 0 Å². The van der Waals surface area contributed by atoms with E-state index in [9.17, 15) is 18.8 Å². The van der Waals surface area contributed by atoms with Crippen LogP contribution in [0.15, 0.2) is 73.0 Å². The lowest BCUT2D eigenvalue weighted by Crippen LogP contribution is -2.53.